The number of β-lactam (4-membered cyclic amide) rings is 1. The minimum Gasteiger partial charge on any atom is -0.464 e. The minimum atomic E-state index is -0.815. The first-order chi connectivity index (χ1) is 11.7. The second kappa shape index (κ2) is 7.27. The summed E-state index contributed by atoms with van der Waals surface area (Å²) in [4.78, 5) is 26.2. The van der Waals surface area contributed by atoms with Crippen LogP contribution < -0.4 is 4.90 Å². The van der Waals surface area contributed by atoms with Crippen LogP contribution in [0.25, 0.3) is 0 Å². The Morgan fingerprint density at radius 2 is 1.67 bits per heavy atom. The number of amides is 1. The molecule has 1 saturated heterocycles. The Morgan fingerprint density at radius 3 is 2.29 bits per heavy atom. The zero-order valence-corrected chi connectivity index (χ0v) is 13.4. The second-order valence-electron chi connectivity index (χ2n) is 5.46. The van der Waals surface area contributed by atoms with Gasteiger partial charge in [-0.15, -0.1) is 0 Å². The first kappa shape index (κ1) is 16.2. The van der Waals surface area contributed by atoms with Gasteiger partial charge in [0.2, 0.25) is 0 Å². The minimum absolute atomic E-state index is 0.227. The van der Waals surface area contributed by atoms with Gasteiger partial charge >= 0.3 is 5.97 Å². The number of hydrogen-bond acceptors (Lipinski definition) is 4. The van der Waals surface area contributed by atoms with Gasteiger partial charge in [0, 0.05) is 5.69 Å². The quantitative estimate of drug-likeness (QED) is 0.605. The molecule has 1 fully saturated rings. The molecule has 1 heterocycles. The summed E-state index contributed by atoms with van der Waals surface area (Å²) < 4.78 is 10.8. The Bertz CT molecular complexity index is 702. The number of anilines is 1. The summed E-state index contributed by atoms with van der Waals surface area (Å²) in [5.41, 5.74) is 1.62. The maximum absolute atomic E-state index is 12.5. The van der Waals surface area contributed by atoms with Crippen LogP contribution in [0.2, 0.25) is 0 Å². The summed E-state index contributed by atoms with van der Waals surface area (Å²) >= 11 is 0. The number of carbonyl (C=O) groups excluding carboxylic acids is 2. The highest BCUT2D eigenvalue weighted by molar-refractivity contribution is 6.12. The number of para-hydroxylation sites is 1. The number of esters is 1. The number of nitrogens with zero attached hydrogens (tertiary/aromatic N) is 1. The number of hydrogen-bond donors (Lipinski definition) is 0. The van der Waals surface area contributed by atoms with Gasteiger partial charge in [0.05, 0.1) is 13.2 Å². The molecule has 2 atom stereocenters. The highest BCUT2D eigenvalue weighted by Crippen LogP contribution is 2.31. The Labute approximate surface area is 140 Å². The lowest BCUT2D eigenvalue weighted by molar-refractivity contribution is -0.162. The van der Waals surface area contributed by atoms with Crippen LogP contribution in [0.5, 0.6) is 0 Å². The van der Waals surface area contributed by atoms with E-state index in [2.05, 4.69) is 0 Å². The van der Waals surface area contributed by atoms with Crippen LogP contribution in [-0.4, -0.2) is 30.6 Å². The molecule has 3 rings (SSSR count). The lowest BCUT2D eigenvalue weighted by atomic mass is 9.96. The Hall–Kier alpha value is -2.66. The standard InChI is InChI=1S/C19H19NO4/c1-2-23-19(22)16-17(24-13-14-9-5-3-6-10-14)18(21)20(16)15-11-7-4-8-12-15/h3-12,16-17H,2,13H2,1H3. The fourth-order valence-electron chi connectivity index (χ4n) is 2.72. The fraction of sp³-hybridized carbons (Fsp3) is 0.263. The van der Waals surface area contributed by atoms with Gasteiger partial charge in [-0.1, -0.05) is 48.5 Å². The summed E-state index contributed by atoms with van der Waals surface area (Å²) in [5, 5.41) is 0. The maximum Gasteiger partial charge on any atom is 0.332 e. The average Bonchev–Trinajstić information content (AvgIpc) is 2.61. The van der Waals surface area contributed by atoms with E-state index < -0.39 is 18.1 Å². The van der Waals surface area contributed by atoms with Crippen LogP contribution in [-0.2, 0) is 25.7 Å². The van der Waals surface area contributed by atoms with E-state index in [1.165, 1.54) is 4.90 Å². The molecular weight excluding hydrogens is 306 g/mol. The second-order valence-corrected chi connectivity index (χ2v) is 5.46. The molecule has 5 heteroatoms. The number of rotatable bonds is 6. The van der Waals surface area contributed by atoms with E-state index in [-0.39, 0.29) is 19.1 Å². The topological polar surface area (TPSA) is 55.8 Å². The molecule has 124 valence electrons. The molecule has 24 heavy (non-hydrogen) atoms. The van der Waals surface area contributed by atoms with Crippen molar-refractivity contribution in [3.05, 3.63) is 66.2 Å². The molecule has 0 aromatic heterocycles. The van der Waals surface area contributed by atoms with Gasteiger partial charge in [-0.25, -0.2) is 4.79 Å². The van der Waals surface area contributed by atoms with Gasteiger partial charge in [-0.3, -0.25) is 9.69 Å². The molecule has 2 aromatic carbocycles. The summed E-state index contributed by atoms with van der Waals surface area (Å²) in [7, 11) is 0. The Morgan fingerprint density at radius 1 is 1.04 bits per heavy atom. The summed E-state index contributed by atoms with van der Waals surface area (Å²) in [6, 6.07) is 17.9. The molecule has 1 amide bonds. The predicted molar refractivity (Wildman–Crippen MR) is 89.4 cm³/mol. The van der Waals surface area contributed by atoms with Crippen molar-refractivity contribution < 1.29 is 19.1 Å². The fourth-order valence-corrected chi connectivity index (χ4v) is 2.72. The van der Waals surface area contributed by atoms with Crippen molar-refractivity contribution in [2.75, 3.05) is 11.5 Å². The van der Waals surface area contributed by atoms with Crippen LogP contribution in [0.4, 0.5) is 5.69 Å². The Kier molecular flexibility index (Phi) is 4.91. The van der Waals surface area contributed by atoms with E-state index in [1.807, 2.05) is 48.5 Å². The third-order valence-electron chi connectivity index (χ3n) is 3.88. The molecular formula is C19H19NO4. The highest BCUT2D eigenvalue weighted by Gasteiger charge is 2.54. The number of carbonyl (C=O) groups is 2. The van der Waals surface area contributed by atoms with Gasteiger partial charge in [-0.2, -0.15) is 0 Å². The molecule has 2 unspecified atom stereocenters. The third kappa shape index (κ3) is 3.16. The van der Waals surface area contributed by atoms with Crippen molar-refractivity contribution in [2.45, 2.75) is 25.7 Å². The van der Waals surface area contributed by atoms with E-state index in [0.29, 0.717) is 5.69 Å². The van der Waals surface area contributed by atoms with Crippen LogP contribution in [0, 0.1) is 0 Å². The van der Waals surface area contributed by atoms with Crippen LogP contribution >= 0.6 is 0 Å². The van der Waals surface area contributed by atoms with E-state index in [1.54, 1.807) is 19.1 Å². The first-order valence-electron chi connectivity index (χ1n) is 7.92. The average molecular weight is 325 g/mol. The maximum atomic E-state index is 12.5. The van der Waals surface area contributed by atoms with E-state index in [0.717, 1.165) is 5.56 Å². The predicted octanol–water partition coefficient (Wildman–Crippen LogP) is 2.55. The molecule has 1 aliphatic heterocycles. The van der Waals surface area contributed by atoms with Crippen LogP contribution in [0.15, 0.2) is 60.7 Å². The molecule has 0 spiro atoms. The lowest BCUT2D eigenvalue weighted by Crippen LogP contribution is -2.69. The Balaban J connectivity index is 1.75. The SMILES string of the molecule is CCOC(=O)C1C(OCc2ccccc2)C(=O)N1c1ccccc1. The molecule has 0 radical (unpaired) electrons. The monoisotopic (exact) mass is 325 g/mol. The van der Waals surface area contributed by atoms with Crippen molar-refractivity contribution >= 4 is 17.6 Å². The molecule has 5 nitrogen and oxygen atoms in total. The van der Waals surface area contributed by atoms with E-state index in [4.69, 9.17) is 9.47 Å². The van der Waals surface area contributed by atoms with Crippen molar-refractivity contribution in [1.82, 2.24) is 0 Å². The van der Waals surface area contributed by atoms with Gasteiger partial charge in [0.25, 0.3) is 5.91 Å². The first-order valence-corrected chi connectivity index (χ1v) is 7.92. The molecule has 2 aromatic rings. The molecule has 0 saturated carbocycles. The summed E-state index contributed by atoms with van der Waals surface area (Å²) in [6.07, 6.45) is -0.815. The van der Waals surface area contributed by atoms with Crippen molar-refractivity contribution in [2.24, 2.45) is 0 Å². The zero-order chi connectivity index (χ0) is 16.9. The van der Waals surface area contributed by atoms with Gasteiger partial charge < -0.3 is 9.47 Å². The molecule has 0 bridgehead atoms. The summed E-state index contributed by atoms with van der Waals surface area (Å²) in [5.74, 6) is -0.672. The van der Waals surface area contributed by atoms with Crippen LogP contribution in [0.1, 0.15) is 12.5 Å². The largest absolute Gasteiger partial charge is 0.464 e. The smallest absolute Gasteiger partial charge is 0.332 e. The van der Waals surface area contributed by atoms with E-state index in [9.17, 15) is 9.59 Å². The highest BCUT2D eigenvalue weighted by atomic mass is 16.5. The van der Waals surface area contributed by atoms with Gasteiger partial charge in [0.15, 0.2) is 12.1 Å². The number of ether oxygens (including phenoxy) is 2. The van der Waals surface area contributed by atoms with Crippen molar-refractivity contribution in [3.8, 4) is 0 Å². The van der Waals surface area contributed by atoms with E-state index >= 15 is 0 Å². The van der Waals surface area contributed by atoms with Crippen molar-refractivity contribution in [1.29, 1.82) is 0 Å². The normalized spacial score (nSPS) is 19.7. The molecule has 0 N–H and O–H groups in total. The van der Waals surface area contributed by atoms with Gasteiger partial charge in [0.1, 0.15) is 0 Å². The third-order valence-corrected chi connectivity index (χ3v) is 3.88. The van der Waals surface area contributed by atoms with Crippen LogP contribution in [0.3, 0.4) is 0 Å². The van der Waals surface area contributed by atoms with Crippen molar-refractivity contribution in [3.63, 3.8) is 0 Å². The molecule has 0 aliphatic carbocycles. The van der Waals surface area contributed by atoms with Gasteiger partial charge in [-0.05, 0) is 24.6 Å². The zero-order valence-electron chi connectivity index (χ0n) is 13.4. The lowest BCUT2D eigenvalue weighted by Gasteiger charge is -2.44. The summed E-state index contributed by atoms with van der Waals surface area (Å²) in [6.45, 7) is 2.28. The molecule has 1 aliphatic rings. The number of benzene rings is 2.